The summed E-state index contributed by atoms with van der Waals surface area (Å²) in [4.78, 5) is 17.6. The van der Waals surface area contributed by atoms with E-state index in [4.69, 9.17) is 11.5 Å². The van der Waals surface area contributed by atoms with E-state index in [-0.39, 0.29) is 26.6 Å². The molecule has 6 nitrogen and oxygen atoms in total. The molecule has 2 aromatic heterocycles. The number of nitrogens with one attached hydrogen (secondary N) is 1. The number of anilines is 2. The van der Waals surface area contributed by atoms with Crippen molar-refractivity contribution in [3.05, 3.63) is 16.5 Å². The Bertz CT molecular complexity index is 812. The van der Waals surface area contributed by atoms with Crippen LogP contribution in [0.3, 0.4) is 0 Å². The maximum Gasteiger partial charge on any atom is 0.417 e. The third-order valence-corrected chi connectivity index (χ3v) is 5.56. The molecule has 1 aliphatic heterocycles. The molecular weight excluding hydrogens is 355 g/mol. The molecule has 1 fully saturated rings. The van der Waals surface area contributed by atoms with Crippen LogP contribution in [0.1, 0.15) is 28.1 Å². The van der Waals surface area contributed by atoms with E-state index in [2.05, 4.69) is 10.3 Å². The summed E-state index contributed by atoms with van der Waals surface area (Å²) in [6, 6.07) is 1.36. The van der Waals surface area contributed by atoms with Gasteiger partial charge < -0.3 is 21.7 Å². The van der Waals surface area contributed by atoms with Gasteiger partial charge in [0.05, 0.1) is 11.3 Å². The number of pyridine rings is 1. The third-order valence-electron chi connectivity index (χ3n) is 4.44. The lowest BCUT2D eigenvalue weighted by molar-refractivity contribution is -0.136. The second-order valence-electron chi connectivity index (χ2n) is 5.97. The summed E-state index contributed by atoms with van der Waals surface area (Å²) in [5.41, 5.74) is 9.82. The van der Waals surface area contributed by atoms with Crippen molar-refractivity contribution in [2.24, 2.45) is 5.73 Å². The Kier molecular flexibility index (Phi) is 4.50. The van der Waals surface area contributed by atoms with Crippen LogP contribution in [0.5, 0.6) is 0 Å². The molecule has 0 radical (unpaired) electrons. The number of fused-ring (bicyclic) bond motifs is 1. The molecule has 25 heavy (non-hydrogen) atoms. The van der Waals surface area contributed by atoms with Gasteiger partial charge in [0, 0.05) is 24.5 Å². The standard InChI is InChI=1S/C15H18F3N5OS/c1-21-7-2-4-23(5-3-7)9-6-8(15(16,17)18)10-11(19)12(13(20)24)25-14(10)22-9/h6-7,21H,2-5,19H2,1H3,(H2,20,24). The number of alkyl halides is 3. The lowest BCUT2D eigenvalue weighted by Gasteiger charge is -2.33. The maximum absolute atomic E-state index is 13.5. The van der Waals surface area contributed by atoms with Crippen LogP contribution in [0, 0.1) is 0 Å². The molecule has 1 amide bonds. The van der Waals surface area contributed by atoms with Crippen molar-refractivity contribution in [1.29, 1.82) is 0 Å². The van der Waals surface area contributed by atoms with E-state index in [1.165, 1.54) is 0 Å². The van der Waals surface area contributed by atoms with E-state index in [1.54, 1.807) is 0 Å². The van der Waals surface area contributed by atoms with Gasteiger partial charge in [-0.1, -0.05) is 0 Å². The lowest BCUT2D eigenvalue weighted by atomic mass is 10.0. The van der Waals surface area contributed by atoms with Gasteiger partial charge in [0.2, 0.25) is 0 Å². The molecule has 0 bridgehead atoms. The van der Waals surface area contributed by atoms with Gasteiger partial charge in [0.1, 0.15) is 15.5 Å². The molecule has 3 rings (SSSR count). The van der Waals surface area contributed by atoms with Crippen molar-refractivity contribution in [1.82, 2.24) is 10.3 Å². The first kappa shape index (κ1) is 17.7. The van der Waals surface area contributed by atoms with Crippen LogP contribution in [0.2, 0.25) is 0 Å². The first-order valence-corrected chi connectivity index (χ1v) is 8.56. The van der Waals surface area contributed by atoms with Crippen molar-refractivity contribution in [3.63, 3.8) is 0 Å². The highest BCUT2D eigenvalue weighted by atomic mass is 32.1. The summed E-state index contributed by atoms with van der Waals surface area (Å²) < 4.78 is 40.6. The Balaban J connectivity index is 2.11. The Morgan fingerprint density at radius 2 is 2.04 bits per heavy atom. The summed E-state index contributed by atoms with van der Waals surface area (Å²) >= 11 is 0.796. The molecule has 0 aromatic carbocycles. The van der Waals surface area contributed by atoms with Gasteiger partial charge in [0.25, 0.3) is 5.91 Å². The Morgan fingerprint density at radius 1 is 1.40 bits per heavy atom. The van der Waals surface area contributed by atoms with Crippen molar-refractivity contribution in [3.8, 4) is 0 Å². The zero-order chi connectivity index (χ0) is 18.4. The molecule has 1 saturated heterocycles. The number of aromatic nitrogens is 1. The van der Waals surface area contributed by atoms with Crippen LogP contribution in [0.4, 0.5) is 24.7 Å². The van der Waals surface area contributed by atoms with Gasteiger partial charge in [-0.15, -0.1) is 11.3 Å². The van der Waals surface area contributed by atoms with Crippen molar-refractivity contribution >= 4 is 39.0 Å². The number of piperidine rings is 1. The minimum Gasteiger partial charge on any atom is -0.397 e. The first-order chi connectivity index (χ1) is 11.7. The summed E-state index contributed by atoms with van der Waals surface area (Å²) in [5, 5.41) is 2.92. The number of rotatable bonds is 3. The molecule has 10 heteroatoms. The summed E-state index contributed by atoms with van der Waals surface area (Å²) in [6.45, 7) is 1.20. The quantitative estimate of drug-likeness (QED) is 0.766. The molecule has 0 aliphatic carbocycles. The second kappa shape index (κ2) is 6.34. The molecule has 1 aliphatic rings. The smallest absolute Gasteiger partial charge is 0.397 e. The fourth-order valence-corrected chi connectivity index (χ4v) is 4.04. The zero-order valence-corrected chi connectivity index (χ0v) is 14.3. The lowest BCUT2D eigenvalue weighted by Crippen LogP contribution is -2.41. The number of thiophene rings is 1. The Hall–Kier alpha value is -2.07. The largest absolute Gasteiger partial charge is 0.417 e. The Morgan fingerprint density at radius 3 is 2.56 bits per heavy atom. The van der Waals surface area contributed by atoms with E-state index >= 15 is 0 Å². The van der Waals surface area contributed by atoms with Gasteiger partial charge in [-0.2, -0.15) is 13.2 Å². The molecule has 5 N–H and O–H groups in total. The number of primary amides is 1. The molecule has 0 spiro atoms. The SMILES string of the molecule is CNC1CCN(c2cc(C(F)(F)F)c3c(N)c(C(N)=O)sc3n2)CC1. The molecule has 0 atom stereocenters. The monoisotopic (exact) mass is 373 g/mol. The van der Waals surface area contributed by atoms with Gasteiger partial charge in [0.15, 0.2) is 0 Å². The van der Waals surface area contributed by atoms with Crippen LogP contribution < -0.4 is 21.7 Å². The van der Waals surface area contributed by atoms with Crippen LogP contribution >= 0.6 is 11.3 Å². The van der Waals surface area contributed by atoms with Crippen LogP contribution in [-0.4, -0.2) is 37.1 Å². The molecular formula is C15H18F3N5OS. The molecule has 3 heterocycles. The highest BCUT2D eigenvalue weighted by Gasteiger charge is 2.36. The van der Waals surface area contributed by atoms with E-state index in [1.807, 2.05) is 11.9 Å². The molecule has 2 aromatic rings. The second-order valence-corrected chi connectivity index (χ2v) is 6.96. The predicted octanol–water partition coefficient (Wildman–Crippen LogP) is 2.18. The summed E-state index contributed by atoms with van der Waals surface area (Å²) in [5.74, 6) is -0.614. The number of nitrogens with zero attached hydrogens (tertiary/aromatic N) is 2. The van der Waals surface area contributed by atoms with Crippen molar-refractivity contribution < 1.29 is 18.0 Å². The number of carbonyl (C=O) groups excluding carboxylic acids is 1. The highest BCUT2D eigenvalue weighted by molar-refractivity contribution is 7.21. The topological polar surface area (TPSA) is 97.3 Å². The van der Waals surface area contributed by atoms with E-state index < -0.39 is 17.6 Å². The molecule has 0 saturated carbocycles. The van der Waals surface area contributed by atoms with Crippen molar-refractivity contribution in [2.75, 3.05) is 30.8 Å². The highest BCUT2D eigenvalue weighted by Crippen LogP contribution is 2.43. The zero-order valence-electron chi connectivity index (χ0n) is 13.5. The predicted molar refractivity (Wildman–Crippen MR) is 91.8 cm³/mol. The summed E-state index contributed by atoms with van der Waals surface area (Å²) in [7, 11) is 1.87. The number of nitrogens with two attached hydrogens (primary N) is 2. The first-order valence-electron chi connectivity index (χ1n) is 7.74. The minimum absolute atomic E-state index is 0.0758. The molecule has 136 valence electrons. The average Bonchev–Trinajstić information content (AvgIpc) is 2.90. The average molecular weight is 373 g/mol. The van der Waals surface area contributed by atoms with Gasteiger partial charge in [-0.3, -0.25) is 4.79 Å². The Labute approximate surface area is 146 Å². The third kappa shape index (κ3) is 3.23. The number of halogens is 3. The maximum atomic E-state index is 13.5. The van der Waals surface area contributed by atoms with Gasteiger partial charge in [-0.05, 0) is 26.0 Å². The fourth-order valence-electron chi connectivity index (χ4n) is 3.07. The number of hydrogen-bond acceptors (Lipinski definition) is 6. The van der Waals surface area contributed by atoms with E-state index in [0.29, 0.717) is 19.1 Å². The van der Waals surface area contributed by atoms with Crippen LogP contribution in [0.25, 0.3) is 10.2 Å². The van der Waals surface area contributed by atoms with Gasteiger partial charge >= 0.3 is 6.18 Å². The number of nitrogen functional groups attached to an aromatic ring is 1. The van der Waals surface area contributed by atoms with E-state index in [9.17, 15) is 18.0 Å². The number of amides is 1. The van der Waals surface area contributed by atoms with Crippen LogP contribution in [0.15, 0.2) is 6.07 Å². The fraction of sp³-hybridized carbons (Fsp3) is 0.467. The summed E-state index contributed by atoms with van der Waals surface area (Å²) in [6.07, 6.45) is -2.98. The normalized spacial score (nSPS) is 16.6. The minimum atomic E-state index is -4.61. The van der Waals surface area contributed by atoms with Crippen LogP contribution in [-0.2, 0) is 6.18 Å². The number of hydrogen-bond donors (Lipinski definition) is 3. The van der Waals surface area contributed by atoms with E-state index in [0.717, 1.165) is 30.2 Å². The molecule has 0 unspecified atom stereocenters. The van der Waals surface area contributed by atoms with Crippen molar-refractivity contribution in [2.45, 2.75) is 25.1 Å². The number of carbonyl (C=O) groups is 1. The van der Waals surface area contributed by atoms with Gasteiger partial charge in [-0.25, -0.2) is 4.98 Å².